The molecule has 158 valence electrons. The summed E-state index contributed by atoms with van der Waals surface area (Å²) in [6.45, 7) is 6.32. The van der Waals surface area contributed by atoms with Crippen LogP contribution in [0.1, 0.15) is 51.6 Å². The van der Waals surface area contributed by atoms with E-state index in [9.17, 15) is 9.90 Å². The lowest BCUT2D eigenvalue weighted by Crippen LogP contribution is -2.45. The van der Waals surface area contributed by atoms with Gasteiger partial charge in [-0.25, -0.2) is 9.78 Å². The average molecular weight is 408 g/mol. The lowest BCUT2D eigenvalue weighted by molar-refractivity contribution is -0.0169. The molecule has 0 radical (unpaired) electrons. The van der Waals surface area contributed by atoms with Crippen molar-refractivity contribution in [1.29, 1.82) is 0 Å². The number of hydrogen-bond acceptors (Lipinski definition) is 4. The molecule has 2 aromatic carbocycles. The van der Waals surface area contributed by atoms with Crippen molar-refractivity contribution in [1.82, 2.24) is 14.9 Å². The third-order valence-corrected chi connectivity index (χ3v) is 5.98. The minimum absolute atomic E-state index is 0.210. The highest BCUT2D eigenvalue weighted by Gasteiger charge is 2.35. The molecule has 3 aromatic rings. The Bertz CT molecular complexity index is 993. The molecule has 1 aliphatic heterocycles. The number of ether oxygens (including phenoxy) is 1. The second-order valence-corrected chi connectivity index (χ2v) is 8.59. The summed E-state index contributed by atoms with van der Waals surface area (Å²) < 4.78 is 5.73. The number of rotatable bonds is 4. The zero-order valence-corrected chi connectivity index (χ0v) is 17.8. The summed E-state index contributed by atoms with van der Waals surface area (Å²) >= 11 is 0. The number of carbonyl (C=O) groups excluding carboxylic acids is 1. The molecule has 0 spiro atoms. The molecular formula is C24H29N3O3. The number of aliphatic hydroxyl groups is 1. The molecule has 1 fully saturated rings. The van der Waals surface area contributed by atoms with Gasteiger partial charge in [0.1, 0.15) is 11.4 Å². The van der Waals surface area contributed by atoms with Crippen LogP contribution in [0.5, 0.6) is 0 Å². The number of nitrogens with one attached hydrogen (secondary N) is 1. The van der Waals surface area contributed by atoms with Crippen LogP contribution in [-0.4, -0.2) is 44.3 Å². The van der Waals surface area contributed by atoms with E-state index in [0.717, 1.165) is 34.4 Å². The normalized spacial score (nSPS) is 19.8. The third-order valence-electron chi connectivity index (χ3n) is 5.98. The Labute approximate surface area is 176 Å². The SMILES string of the molecule is CCC(C)(C)OC(=O)N1CCC(O)CC1c1ccc(-c2nc3ccccc3[nH]2)cc1. The first kappa shape index (κ1) is 20.4. The number of likely N-dealkylation sites (tertiary alicyclic amines) is 1. The first-order valence-corrected chi connectivity index (χ1v) is 10.6. The number of aromatic nitrogens is 2. The van der Waals surface area contributed by atoms with Crippen molar-refractivity contribution in [2.75, 3.05) is 6.54 Å². The summed E-state index contributed by atoms with van der Waals surface area (Å²) in [4.78, 5) is 22.6. The van der Waals surface area contributed by atoms with Gasteiger partial charge in [-0.05, 0) is 50.8 Å². The Kier molecular flexibility index (Phi) is 5.52. The first-order valence-electron chi connectivity index (χ1n) is 10.6. The van der Waals surface area contributed by atoms with Gasteiger partial charge in [-0.15, -0.1) is 0 Å². The van der Waals surface area contributed by atoms with Crippen molar-refractivity contribution in [3.8, 4) is 11.4 Å². The van der Waals surface area contributed by atoms with Gasteiger partial charge >= 0.3 is 6.09 Å². The van der Waals surface area contributed by atoms with Crippen LogP contribution in [0.3, 0.4) is 0 Å². The smallest absolute Gasteiger partial charge is 0.410 e. The number of fused-ring (bicyclic) bond motifs is 1. The minimum atomic E-state index is -0.511. The molecule has 2 unspecified atom stereocenters. The lowest BCUT2D eigenvalue weighted by atomic mass is 9.93. The van der Waals surface area contributed by atoms with Crippen LogP contribution in [0.25, 0.3) is 22.4 Å². The van der Waals surface area contributed by atoms with Crippen molar-refractivity contribution in [2.24, 2.45) is 0 Å². The van der Waals surface area contributed by atoms with Gasteiger partial charge in [0.05, 0.1) is 23.2 Å². The standard InChI is InChI=1S/C24H29N3O3/c1-4-24(2,3)30-23(29)27-14-13-18(28)15-21(27)16-9-11-17(12-10-16)22-25-19-7-5-6-8-20(19)26-22/h5-12,18,21,28H,4,13-15H2,1-3H3,(H,25,26). The first-order chi connectivity index (χ1) is 14.4. The van der Waals surface area contributed by atoms with Crippen LogP contribution in [0, 0.1) is 0 Å². The quantitative estimate of drug-likeness (QED) is 0.634. The van der Waals surface area contributed by atoms with Crippen LogP contribution in [0.2, 0.25) is 0 Å². The average Bonchev–Trinajstić information content (AvgIpc) is 3.18. The van der Waals surface area contributed by atoms with Gasteiger partial charge in [0, 0.05) is 12.1 Å². The predicted octanol–water partition coefficient (Wildman–Crippen LogP) is 5.05. The lowest BCUT2D eigenvalue weighted by Gasteiger charge is -2.39. The van der Waals surface area contributed by atoms with Crippen LogP contribution >= 0.6 is 0 Å². The van der Waals surface area contributed by atoms with E-state index < -0.39 is 11.7 Å². The number of nitrogens with zero attached hydrogens (tertiary/aromatic N) is 2. The highest BCUT2D eigenvalue weighted by Crippen LogP contribution is 2.34. The van der Waals surface area contributed by atoms with Crippen LogP contribution in [0.4, 0.5) is 4.79 Å². The maximum absolute atomic E-state index is 12.9. The van der Waals surface area contributed by atoms with Gasteiger partial charge in [0.2, 0.25) is 0 Å². The molecule has 0 saturated carbocycles. The monoisotopic (exact) mass is 407 g/mol. The fourth-order valence-electron chi connectivity index (χ4n) is 3.80. The molecule has 0 bridgehead atoms. The van der Waals surface area contributed by atoms with Crippen LogP contribution in [0.15, 0.2) is 48.5 Å². The number of H-pyrrole nitrogens is 1. The molecule has 1 aromatic heterocycles. The molecular weight excluding hydrogens is 378 g/mol. The van der Waals surface area contributed by atoms with Gasteiger partial charge in [-0.1, -0.05) is 43.3 Å². The summed E-state index contributed by atoms with van der Waals surface area (Å²) in [5, 5.41) is 10.2. The molecule has 1 aliphatic rings. The predicted molar refractivity (Wildman–Crippen MR) is 117 cm³/mol. The fraction of sp³-hybridized carbons (Fsp3) is 0.417. The maximum Gasteiger partial charge on any atom is 0.410 e. The van der Waals surface area contributed by atoms with Gasteiger partial charge in [0.25, 0.3) is 0 Å². The number of benzene rings is 2. The minimum Gasteiger partial charge on any atom is -0.443 e. The maximum atomic E-state index is 12.9. The molecule has 2 atom stereocenters. The summed E-state index contributed by atoms with van der Waals surface area (Å²) in [5.74, 6) is 0.812. The topological polar surface area (TPSA) is 78.4 Å². The van der Waals surface area contributed by atoms with Crippen molar-refractivity contribution < 1.29 is 14.6 Å². The Morgan fingerprint density at radius 3 is 2.67 bits per heavy atom. The number of hydrogen-bond donors (Lipinski definition) is 2. The number of para-hydroxylation sites is 2. The second kappa shape index (κ2) is 8.11. The van der Waals surface area contributed by atoms with Gasteiger partial charge in [-0.2, -0.15) is 0 Å². The zero-order valence-electron chi connectivity index (χ0n) is 17.8. The number of aliphatic hydroxyl groups excluding tert-OH is 1. The van der Waals surface area contributed by atoms with E-state index in [1.165, 1.54) is 0 Å². The van der Waals surface area contributed by atoms with E-state index in [4.69, 9.17) is 4.74 Å². The number of amides is 1. The summed E-state index contributed by atoms with van der Waals surface area (Å²) in [5.41, 5.74) is 3.38. The van der Waals surface area contributed by atoms with Crippen LogP contribution < -0.4 is 0 Å². The summed E-state index contributed by atoms with van der Waals surface area (Å²) in [7, 11) is 0. The Balaban J connectivity index is 1.57. The third kappa shape index (κ3) is 4.19. The number of piperidine rings is 1. The molecule has 2 heterocycles. The Morgan fingerprint density at radius 2 is 1.97 bits per heavy atom. The summed E-state index contributed by atoms with van der Waals surface area (Å²) in [6, 6.07) is 15.8. The van der Waals surface area contributed by atoms with E-state index in [-0.39, 0.29) is 12.1 Å². The van der Waals surface area contributed by atoms with Crippen LogP contribution in [-0.2, 0) is 4.74 Å². The van der Waals surface area contributed by atoms with Gasteiger partial charge < -0.3 is 19.7 Å². The van der Waals surface area contributed by atoms with E-state index >= 15 is 0 Å². The molecule has 1 saturated heterocycles. The molecule has 4 rings (SSSR count). The number of aromatic amines is 1. The number of imidazole rings is 1. The molecule has 1 amide bonds. The highest BCUT2D eigenvalue weighted by molar-refractivity contribution is 5.79. The number of carbonyl (C=O) groups is 1. The largest absolute Gasteiger partial charge is 0.443 e. The molecule has 6 heteroatoms. The van der Waals surface area contributed by atoms with Crippen molar-refractivity contribution in [2.45, 2.75) is 57.8 Å². The molecule has 30 heavy (non-hydrogen) atoms. The molecule has 0 aliphatic carbocycles. The van der Waals surface area contributed by atoms with Gasteiger partial charge in [-0.3, -0.25) is 0 Å². The fourth-order valence-corrected chi connectivity index (χ4v) is 3.80. The highest BCUT2D eigenvalue weighted by atomic mass is 16.6. The van der Waals surface area contributed by atoms with Crippen molar-refractivity contribution >= 4 is 17.1 Å². The summed E-state index contributed by atoms with van der Waals surface area (Å²) in [6.07, 6.45) is 1.07. The Morgan fingerprint density at radius 1 is 1.23 bits per heavy atom. The van der Waals surface area contributed by atoms with Crippen molar-refractivity contribution in [3.63, 3.8) is 0 Å². The van der Waals surface area contributed by atoms with E-state index in [0.29, 0.717) is 19.4 Å². The Hall–Kier alpha value is -2.86. The van der Waals surface area contributed by atoms with E-state index in [2.05, 4.69) is 9.97 Å². The van der Waals surface area contributed by atoms with Crippen molar-refractivity contribution in [3.05, 3.63) is 54.1 Å². The van der Waals surface area contributed by atoms with E-state index in [1.807, 2.05) is 69.3 Å². The van der Waals surface area contributed by atoms with E-state index in [1.54, 1.807) is 4.90 Å². The molecule has 2 N–H and O–H groups in total. The molecule has 6 nitrogen and oxygen atoms in total. The van der Waals surface area contributed by atoms with Gasteiger partial charge in [0.15, 0.2) is 0 Å². The second-order valence-electron chi connectivity index (χ2n) is 8.59. The zero-order chi connectivity index (χ0) is 21.3.